The number of esters is 1. The molecule has 2 N–H and O–H groups in total. The minimum Gasteiger partial charge on any atom is -0.512 e. The first kappa shape index (κ1) is 47.1. The first-order chi connectivity index (χ1) is 27.6. The maximum Gasteiger partial charge on any atom is 0.316 e. The van der Waals surface area contributed by atoms with Crippen molar-refractivity contribution in [3.8, 4) is 0 Å². The van der Waals surface area contributed by atoms with E-state index in [1.54, 1.807) is 11.8 Å². The van der Waals surface area contributed by atoms with Gasteiger partial charge in [0.15, 0.2) is 11.6 Å². The molecule has 2 atom stereocenters. The van der Waals surface area contributed by atoms with Crippen molar-refractivity contribution in [2.45, 2.75) is 136 Å². The summed E-state index contributed by atoms with van der Waals surface area (Å²) in [5.74, 6) is 1.73. The summed E-state index contributed by atoms with van der Waals surface area (Å²) in [4.78, 5) is 41.5. The number of rotatable bonds is 14. The van der Waals surface area contributed by atoms with Gasteiger partial charge in [0.1, 0.15) is 11.5 Å². The highest BCUT2D eigenvalue weighted by molar-refractivity contribution is 7.99. The van der Waals surface area contributed by atoms with Crippen molar-refractivity contribution in [2.75, 3.05) is 18.6 Å². The van der Waals surface area contributed by atoms with E-state index < -0.39 is 5.41 Å². The Morgan fingerprint density at radius 1 is 0.707 bits per heavy atom. The predicted octanol–water partition coefficient (Wildman–Crippen LogP) is 12.1. The van der Waals surface area contributed by atoms with E-state index in [9.17, 15) is 24.6 Å². The van der Waals surface area contributed by atoms with Crippen LogP contribution in [0.4, 0.5) is 0 Å². The van der Waals surface area contributed by atoms with Crippen LogP contribution in [-0.4, -0.2) is 46.4 Å². The van der Waals surface area contributed by atoms with E-state index in [4.69, 9.17) is 4.74 Å². The third-order valence-electron chi connectivity index (χ3n) is 11.2. The molecule has 2 aliphatic carbocycles. The van der Waals surface area contributed by atoms with Crippen LogP contribution in [0.2, 0.25) is 0 Å². The molecule has 0 saturated heterocycles. The van der Waals surface area contributed by atoms with E-state index in [2.05, 4.69) is 96.3 Å². The van der Waals surface area contributed by atoms with Gasteiger partial charge in [-0.3, -0.25) is 14.4 Å². The molecule has 3 aromatic rings. The highest BCUT2D eigenvalue weighted by Crippen LogP contribution is 2.41. The zero-order valence-corrected chi connectivity index (χ0v) is 38.2. The largest absolute Gasteiger partial charge is 0.512 e. The lowest BCUT2D eigenvalue weighted by Crippen LogP contribution is -2.28. The van der Waals surface area contributed by atoms with Crippen LogP contribution in [0.1, 0.15) is 131 Å². The lowest BCUT2D eigenvalue weighted by atomic mass is 9.79. The molecule has 5 rings (SSSR count). The van der Waals surface area contributed by atoms with Gasteiger partial charge in [-0.2, -0.15) is 0 Å². The molecule has 8 heteroatoms. The number of aliphatic hydroxyl groups is 2. The number of allylic oxidation sites excluding steroid dienone is 4. The average molecular weight is 827 g/mol. The average Bonchev–Trinajstić information content (AvgIpc) is 3.18. The summed E-state index contributed by atoms with van der Waals surface area (Å²) in [7, 11) is 0. The van der Waals surface area contributed by atoms with Crippen molar-refractivity contribution < 1.29 is 29.3 Å². The molecule has 0 bridgehead atoms. The number of carbonyl (C=O) groups excluding carboxylic acids is 3. The number of ether oxygens (including phenoxy) is 1. The Morgan fingerprint density at radius 2 is 1.16 bits per heavy atom. The molecule has 2 aliphatic rings. The fourth-order valence-electron chi connectivity index (χ4n) is 8.10. The third kappa shape index (κ3) is 12.0. The van der Waals surface area contributed by atoms with Gasteiger partial charge in [0.05, 0.1) is 16.6 Å². The fraction of sp³-hybridized carbons (Fsp3) is 0.500. The number of hydrogen-bond acceptors (Lipinski definition) is 8. The van der Waals surface area contributed by atoms with Crippen molar-refractivity contribution >= 4 is 52.2 Å². The molecule has 6 nitrogen and oxygen atoms in total. The van der Waals surface area contributed by atoms with Crippen molar-refractivity contribution in [3.63, 3.8) is 0 Å². The van der Waals surface area contributed by atoms with Gasteiger partial charge in [-0.25, -0.2) is 0 Å². The molecule has 58 heavy (non-hydrogen) atoms. The van der Waals surface area contributed by atoms with Gasteiger partial charge < -0.3 is 14.9 Å². The van der Waals surface area contributed by atoms with Crippen molar-refractivity contribution in [3.05, 3.63) is 105 Å². The van der Waals surface area contributed by atoms with E-state index in [0.29, 0.717) is 54.8 Å². The molecule has 0 aromatic heterocycles. The zero-order chi connectivity index (χ0) is 42.7. The molecule has 2 unspecified atom stereocenters. The summed E-state index contributed by atoms with van der Waals surface area (Å²) in [5, 5.41) is 20.2. The summed E-state index contributed by atoms with van der Waals surface area (Å²) in [6.45, 7) is 18.0. The standard InChI is InChI=1S/C26H32O2S2.C24H34O4/c1-5-19-13-17(3)14-20(6-2)25(19)26-23(27)15-18(16-24(26)28)11-12-30-22-9-7-21(29-4)8-10-22;1-7-17-11-15(3)12-18(8-2)21(17)22-19(26)13-16(9-10-25)14-20(22)28-23(27)24(4,5)6/h7-10,13-14,18,27H,5-6,11-12,15-16H2,1-4H3;11-12,16,25H,7-10,13-14H2,1-6H3. The van der Waals surface area contributed by atoms with Crippen LogP contribution in [-0.2, 0) is 44.8 Å². The number of Topliss-reactive ketones (excluding diaryl/α,β-unsaturated/α-hetero) is 2. The van der Waals surface area contributed by atoms with Gasteiger partial charge in [-0.05, 0) is 155 Å². The maximum absolute atomic E-state index is 13.2. The number of hydrogen-bond donors (Lipinski definition) is 2. The normalized spacial score (nSPS) is 17.4. The van der Waals surface area contributed by atoms with Crippen LogP contribution in [0.5, 0.6) is 0 Å². The molecular formula is C50H66O6S2. The quantitative estimate of drug-likeness (QED) is 0.122. The van der Waals surface area contributed by atoms with Crippen LogP contribution in [0, 0.1) is 31.1 Å². The minimum absolute atomic E-state index is 0.00428. The fourth-order valence-corrected chi connectivity index (χ4v) is 9.52. The van der Waals surface area contributed by atoms with Crippen LogP contribution in [0.25, 0.3) is 11.1 Å². The topological polar surface area (TPSA) is 101 Å². The molecular weight excluding hydrogens is 761 g/mol. The number of thioether (sulfide) groups is 2. The van der Waals surface area contributed by atoms with Crippen LogP contribution in [0.15, 0.2) is 69.8 Å². The maximum atomic E-state index is 13.2. The summed E-state index contributed by atoms with van der Waals surface area (Å²) in [5.41, 5.74) is 9.41. The summed E-state index contributed by atoms with van der Waals surface area (Å²) in [6, 6.07) is 17.2. The van der Waals surface area contributed by atoms with Gasteiger partial charge in [0.2, 0.25) is 0 Å². The Bertz CT molecular complexity index is 1950. The number of aryl methyl sites for hydroxylation is 6. The molecule has 3 aromatic carbocycles. The molecule has 0 spiro atoms. The number of carbonyl (C=O) groups is 3. The van der Waals surface area contributed by atoms with Crippen molar-refractivity contribution in [1.29, 1.82) is 0 Å². The predicted molar refractivity (Wildman–Crippen MR) is 243 cm³/mol. The monoisotopic (exact) mass is 826 g/mol. The molecule has 314 valence electrons. The molecule has 0 heterocycles. The SMILES string of the molecule is CCc1cc(C)cc(CC)c1C1=C(O)CC(CCSc2ccc(SC)cc2)CC1=O.CCc1cc(C)cc(CC)c1C1=C(OC(=O)C(C)(C)C)CC(CCO)CC1=O. The lowest BCUT2D eigenvalue weighted by molar-refractivity contribution is -0.149. The van der Waals surface area contributed by atoms with Gasteiger partial charge in [0, 0.05) is 42.1 Å². The van der Waals surface area contributed by atoms with Crippen molar-refractivity contribution in [1.82, 2.24) is 0 Å². The Kier molecular flexibility index (Phi) is 17.5. The smallest absolute Gasteiger partial charge is 0.316 e. The highest BCUT2D eigenvalue weighted by Gasteiger charge is 2.35. The minimum atomic E-state index is -0.653. The van der Waals surface area contributed by atoms with E-state index >= 15 is 0 Å². The first-order valence-corrected chi connectivity index (χ1v) is 23.4. The van der Waals surface area contributed by atoms with Gasteiger partial charge in [-0.1, -0.05) is 63.1 Å². The Balaban J connectivity index is 0.000000257. The highest BCUT2D eigenvalue weighted by atomic mass is 32.2. The third-order valence-corrected chi connectivity index (χ3v) is 13.0. The summed E-state index contributed by atoms with van der Waals surface area (Å²) < 4.78 is 5.84. The van der Waals surface area contributed by atoms with E-state index in [0.717, 1.165) is 60.1 Å². The second-order valence-electron chi connectivity index (χ2n) is 16.8. The van der Waals surface area contributed by atoms with Crippen LogP contribution >= 0.6 is 23.5 Å². The molecule has 0 amide bonds. The van der Waals surface area contributed by atoms with E-state index in [1.165, 1.54) is 32.0 Å². The number of ketones is 2. The van der Waals surface area contributed by atoms with Gasteiger partial charge in [0.25, 0.3) is 0 Å². The Hall–Kier alpha value is -3.59. The first-order valence-electron chi connectivity index (χ1n) is 21.2. The second kappa shape index (κ2) is 21.6. The molecule has 0 saturated carbocycles. The van der Waals surface area contributed by atoms with Crippen LogP contribution in [0.3, 0.4) is 0 Å². The second-order valence-corrected chi connectivity index (χ2v) is 18.9. The summed E-state index contributed by atoms with van der Waals surface area (Å²) >= 11 is 3.58. The molecule has 0 radical (unpaired) electrons. The number of benzene rings is 3. The van der Waals surface area contributed by atoms with E-state index in [-0.39, 0.29) is 36.0 Å². The number of aliphatic hydroxyl groups excluding tert-OH is 2. The lowest BCUT2D eigenvalue weighted by Gasteiger charge is -2.29. The molecule has 0 fully saturated rings. The van der Waals surface area contributed by atoms with Crippen LogP contribution < -0.4 is 0 Å². The van der Waals surface area contributed by atoms with Crippen molar-refractivity contribution in [2.24, 2.45) is 17.3 Å². The Labute approximate surface area is 356 Å². The summed E-state index contributed by atoms with van der Waals surface area (Å²) in [6.07, 6.45) is 8.92. The Morgan fingerprint density at radius 3 is 1.59 bits per heavy atom. The van der Waals surface area contributed by atoms with Gasteiger partial charge >= 0.3 is 5.97 Å². The van der Waals surface area contributed by atoms with Gasteiger partial charge in [-0.15, -0.1) is 23.5 Å². The van der Waals surface area contributed by atoms with E-state index in [1.807, 2.05) is 32.5 Å². The molecule has 0 aliphatic heterocycles. The zero-order valence-electron chi connectivity index (χ0n) is 36.6.